The molecule has 1 amide bonds. The first kappa shape index (κ1) is 14.5. The summed E-state index contributed by atoms with van der Waals surface area (Å²) in [7, 11) is 0. The standard InChI is InChI=1S/C14H28N2O/c1-12(2,3)9(8-15)16-11(17)10-13(4,5)14(10,6)7/h9-10H,8,15H2,1-7H3,(H,16,17). The van der Waals surface area contributed by atoms with E-state index in [9.17, 15) is 4.79 Å². The first-order chi connectivity index (χ1) is 7.46. The largest absolute Gasteiger partial charge is 0.351 e. The van der Waals surface area contributed by atoms with Crippen molar-refractivity contribution < 1.29 is 4.79 Å². The third-order valence-corrected chi connectivity index (χ3v) is 4.88. The maximum atomic E-state index is 12.3. The maximum Gasteiger partial charge on any atom is 0.224 e. The van der Waals surface area contributed by atoms with Gasteiger partial charge in [-0.15, -0.1) is 0 Å². The monoisotopic (exact) mass is 240 g/mol. The predicted octanol–water partition coefficient (Wildman–Crippen LogP) is 2.16. The molecular formula is C14H28N2O. The van der Waals surface area contributed by atoms with Crippen LogP contribution in [-0.4, -0.2) is 18.5 Å². The van der Waals surface area contributed by atoms with E-state index in [1.54, 1.807) is 0 Å². The molecule has 0 radical (unpaired) electrons. The SMILES string of the molecule is CC(C)(C)C(CN)NC(=O)C1C(C)(C)C1(C)C. The van der Waals surface area contributed by atoms with Crippen molar-refractivity contribution in [2.45, 2.75) is 54.5 Å². The molecule has 1 aliphatic rings. The number of nitrogens with one attached hydrogen (secondary N) is 1. The summed E-state index contributed by atoms with van der Waals surface area (Å²) >= 11 is 0. The van der Waals surface area contributed by atoms with Crippen LogP contribution in [-0.2, 0) is 4.79 Å². The molecule has 0 aliphatic heterocycles. The molecule has 0 heterocycles. The van der Waals surface area contributed by atoms with Gasteiger partial charge in [0.05, 0.1) is 0 Å². The third-order valence-electron chi connectivity index (χ3n) is 4.88. The van der Waals surface area contributed by atoms with Gasteiger partial charge in [0.2, 0.25) is 5.91 Å². The van der Waals surface area contributed by atoms with Crippen molar-refractivity contribution in [2.75, 3.05) is 6.54 Å². The van der Waals surface area contributed by atoms with Gasteiger partial charge >= 0.3 is 0 Å². The molecule has 1 aliphatic carbocycles. The minimum Gasteiger partial charge on any atom is -0.351 e. The normalized spacial score (nSPS) is 24.2. The van der Waals surface area contributed by atoms with Gasteiger partial charge < -0.3 is 11.1 Å². The number of hydrogen-bond acceptors (Lipinski definition) is 2. The quantitative estimate of drug-likeness (QED) is 0.794. The van der Waals surface area contributed by atoms with Crippen LogP contribution < -0.4 is 11.1 Å². The van der Waals surface area contributed by atoms with E-state index in [1.807, 2.05) is 0 Å². The highest BCUT2D eigenvalue weighted by atomic mass is 16.2. The van der Waals surface area contributed by atoms with E-state index in [0.29, 0.717) is 6.54 Å². The van der Waals surface area contributed by atoms with Crippen molar-refractivity contribution in [3.8, 4) is 0 Å². The van der Waals surface area contributed by atoms with Crippen LogP contribution in [0.5, 0.6) is 0 Å². The van der Waals surface area contributed by atoms with Gasteiger partial charge in [0, 0.05) is 18.5 Å². The summed E-state index contributed by atoms with van der Waals surface area (Å²) in [6.07, 6.45) is 0. The molecule has 0 aromatic heterocycles. The van der Waals surface area contributed by atoms with E-state index < -0.39 is 0 Å². The van der Waals surface area contributed by atoms with Gasteiger partial charge in [-0.25, -0.2) is 0 Å². The summed E-state index contributed by atoms with van der Waals surface area (Å²) in [5.41, 5.74) is 5.94. The zero-order chi connectivity index (χ0) is 13.6. The second-order valence-corrected chi connectivity index (χ2v) is 7.54. The lowest BCUT2D eigenvalue weighted by Crippen LogP contribution is -2.49. The number of amides is 1. The van der Waals surface area contributed by atoms with Gasteiger partial charge in [0.1, 0.15) is 0 Å². The second kappa shape index (κ2) is 3.98. The summed E-state index contributed by atoms with van der Waals surface area (Å²) in [6.45, 7) is 15.4. The summed E-state index contributed by atoms with van der Waals surface area (Å²) < 4.78 is 0. The van der Waals surface area contributed by atoms with Crippen molar-refractivity contribution >= 4 is 5.91 Å². The van der Waals surface area contributed by atoms with Crippen LogP contribution in [0.1, 0.15) is 48.5 Å². The lowest BCUT2D eigenvalue weighted by molar-refractivity contribution is -0.124. The Hall–Kier alpha value is -0.570. The van der Waals surface area contributed by atoms with Gasteiger partial charge in [-0.2, -0.15) is 0 Å². The summed E-state index contributed by atoms with van der Waals surface area (Å²) in [5, 5.41) is 3.12. The van der Waals surface area contributed by atoms with E-state index >= 15 is 0 Å². The number of hydrogen-bond donors (Lipinski definition) is 2. The Morgan fingerprint density at radius 1 is 1.24 bits per heavy atom. The van der Waals surface area contributed by atoms with Crippen LogP contribution in [0.25, 0.3) is 0 Å². The van der Waals surface area contributed by atoms with Gasteiger partial charge in [0.25, 0.3) is 0 Å². The van der Waals surface area contributed by atoms with E-state index in [0.717, 1.165) is 0 Å². The molecule has 17 heavy (non-hydrogen) atoms. The average molecular weight is 240 g/mol. The van der Waals surface area contributed by atoms with E-state index in [-0.39, 0.29) is 34.1 Å². The Kier molecular flexibility index (Phi) is 3.39. The van der Waals surface area contributed by atoms with Crippen molar-refractivity contribution in [1.82, 2.24) is 5.32 Å². The molecule has 0 aromatic rings. The predicted molar refractivity (Wildman–Crippen MR) is 71.5 cm³/mol. The van der Waals surface area contributed by atoms with E-state index in [4.69, 9.17) is 5.73 Å². The maximum absolute atomic E-state index is 12.3. The van der Waals surface area contributed by atoms with E-state index in [2.05, 4.69) is 53.8 Å². The molecule has 1 rings (SSSR count). The molecule has 0 spiro atoms. The zero-order valence-corrected chi connectivity index (χ0v) is 12.3. The first-order valence-corrected chi connectivity index (χ1v) is 6.46. The summed E-state index contributed by atoms with van der Waals surface area (Å²) in [4.78, 5) is 12.3. The summed E-state index contributed by atoms with van der Waals surface area (Å²) in [5.74, 6) is 0.261. The smallest absolute Gasteiger partial charge is 0.224 e. The fourth-order valence-electron chi connectivity index (χ4n) is 2.74. The van der Waals surface area contributed by atoms with Crippen LogP contribution in [0.2, 0.25) is 0 Å². The molecule has 0 bridgehead atoms. The molecule has 100 valence electrons. The van der Waals surface area contributed by atoms with Crippen LogP contribution in [0.15, 0.2) is 0 Å². The molecule has 3 heteroatoms. The lowest BCUT2D eigenvalue weighted by atomic mass is 9.86. The van der Waals surface area contributed by atoms with Gasteiger partial charge in [-0.3, -0.25) is 4.79 Å². The number of nitrogens with two attached hydrogens (primary N) is 1. The first-order valence-electron chi connectivity index (χ1n) is 6.46. The van der Waals surface area contributed by atoms with Crippen molar-refractivity contribution in [3.63, 3.8) is 0 Å². The minimum absolute atomic E-state index is 0.00753. The van der Waals surface area contributed by atoms with Gasteiger partial charge in [-0.1, -0.05) is 48.5 Å². The van der Waals surface area contributed by atoms with Crippen LogP contribution in [0.4, 0.5) is 0 Å². The molecule has 1 atom stereocenters. The fourth-order valence-corrected chi connectivity index (χ4v) is 2.74. The number of rotatable bonds is 3. The Labute approximate surface area is 106 Å². The molecule has 1 fully saturated rings. The average Bonchev–Trinajstić information content (AvgIpc) is 2.51. The Balaban J connectivity index is 2.69. The molecule has 0 saturated heterocycles. The molecular weight excluding hydrogens is 212 g/mol. The van der Waals surface area contributed by atoms with Gasteiger partial charge in [-0.05, 0) is 16.2 Å². The van der Waals surface area contributed by atoms with Crippen LogP contribution in [0, 0.1) is 22.2 Å². The Morgan fingerprint density at radius 2 is 1.65 bits per heavy atom. The molecule has 1 unspecified atom stereocenters. The highest BCUT2D eigenvalue weighted by Gasteiger charge is 2.68. The molecule has 3 nitrogen and oxygen atoms in total. The highest BCUT2D eigenvalue weighted by Crippen LogP contribution is 2.68. The van der Waals surface area contributed by atoms with Gasteiger partial charge in [0.15, 0.2) is 0 Å². The number of carbonyl (C=O) groups excluding carboxylic acids is 1. The van der Waals surface area contributed by atoms with Crippen molar-refractivity contribution in [3.05, 3.63) is 0 Å². The Bertz CT molecular complexity index is 299. The van der Waals surface area contributed by atoms with E-state index in [1.165, 1.54) is 0 Å². The molecule has 0 aromatic carbocycles. The minimum atomic E-state index is 0.00753. The van der Waals surface area contributed by atoms with Crippen molar-refractivity contribution in [2.24, 2.45) is 27.9 Å². The summed E-state index contributed by atoms with van der Waals surface area (Å²) in [6, 6.07) is 0.0437. The fraction of sp³-hybridized carbons (Fsp3) is 0.929. The molecule has 3 N–H and O–H groups in total. The van der Waals surface area contributed by atoms with Crippen LogP contribution >= 0.6 is 0 Å². The zero-order valence-electron chi connectivity index (χ0n) is 12.3. The third kappa shape index (κ3) is 2.35. The second-order valence-electron chi connectivity index (χ2n) is 7.54. The number of carbonyl (C=O) groups is 1. The molecule has 1 saturated carbocycles. The topological polar surface area (TPSA) is 55.1 Å². The van der Waals surface area contributed by atoms with Crippen LogP contribution in [0.3, 0.4) is 0 Å². The highest BCUT2D eigenvalue weighted by molar-refractivity contribution is 5.84. The lowest BCUT2D eigenvalue weighted by Gasteiger charge is -2.30. The van der Waals surface area contributed by atoms with Crippen molar-refractivity contribution in [1.29, 1.82) is 0 Å². The Morgan fingerprint density at radius 3 is 1.88 bits per heavy atom.